The number of rotatable bonds is 5. The molecule has 0 fully saturated rings. The first kappa shape index (κ1) is 17.4. The van der Waals surface area contributed by atoms with Crippen molar-refractivity contribution in [3.8, 4) is 11.5 Å². The summed E-state index contributed by atoms with van der Waals surface area (Å²) < 4.78 is 5.80. The summed E-state index contributed by atoms with van der Waals surface area (Å²) in [7, 11) is 0. The SMILES string of the molecule is CCc1cc(O)cc(OCC2=C(C)CC(C)(C)CC2)c1C(=O)O. The lowest BCUT2D eigenvalue weighted by atomic mass is 9.75. The third kappa shape index (κ3) is 4.06. The smallest absolute Gasteiger partial charge is 0.339 e. The molecule has 0 aromatic heterocycles. The average Bonchev–Trinajstić information content (AvgIpc) is 2.44. The molecule has 2 rings (SSSR count). The molecule has 0 spiro atoms. The molecule has 4 heteroatoms. The van der Waals surface area contributed by atoms with Crippen molar-refractivity contribution in [3.63, 3.8) is 0 Å². The second-order valence-corrected chi connectivity index (χ2v) is 7.15. The van der Waals surface area contributed by atoms with Crippen molar-refractivity contribution < 1.29 is 19.7 Å². The van der Waals surface area contributed by atoms with E-state index in [2.05, 4.69) is 20.8 Å². The topological polar surface area (TPSA) is 66.8 Å². The van der Waals surface area contributed by atoms with Crippen LogP contribution in [-0.4, -0.2) is 22.8 Å². The average molecular weight is 318 g/mol. The van der Waals surface area contributed by atoms with Crippen LogP contribution < -0.4 is 4.74 Å². The molecule has 1 aromatic carbocycles. The van der Waals surface area contributed by atoms with Crippen molar-refractivity contribution in [2.45, 2.75) is 53.4 Å². The Morgan fingerprint density at radius 2 is 2.04 bits per heavy atom. The molecule has 1 aliphatic carbocycles. The van der Waals surface area contributed by atoms with Gasteiger partial charge in [0.25, 0.3) is 0 Å². The molecule has 0 saturated carbocycles. The fourth-order valence-electron chi connectivity index (χ4n) is 3.29. The first-order valence-corrected chi connectivity index (χ1v) is 8.13. The number of phenolic OH excluding ortho intramolecular Hbond substituents is 1. The summed E-state index contributed by atoms with van der Waals surface area (Å²) in [6, 6.07) is 2.88. The minimum atomic E-state index is -1.02. The molecular weight excluding hydrogens is 292 g/mol. The molecule has 0 radical (unpaired) electrons. The normalized spacial score (nSPS) is 17.2. The van der Waals surface area contributed by atoms with Gasteiger partial charge in [-0.3, -0.25) is 0 Å². The maximum atomic E-state index is 11.5. The molecule has 0 bridgehead atoms. The number of hydrogen-bond donors (Lipinski definition) is 2. The molecule has 0 aliphatic heterocycles. The zero-order valence-electron chi connectivity index (χ0n) is 14.4. The highest BCUT2D eigenvalue weighted by Gasteiger charge is 2.25. The number of carbonyl (C=O) groups is 1. The van der Waals surface area contributed by atoms with Crippen molar-refractivity contribution in [3.05, 3.63) is 34.4 Å². The fourth-order valence-corrected chi connectivity index (χ4v) is 3.29. The van der Waals surface area contributed by atoms with Gasteiger partial charge in [-0.1, -0.05) is 26.3 Å². The van der Waals surface area contributed by atoms with Gasteiger partial charge >= 0.3 is 5.97 Å². The Balaban J connectivity index is 2.24. The van der Waals surface area contributed by atoms with Crippen LogP contribution in [0.25, 0.3) is 0 Å². The van der Waals surface area contributed by atoms with Gasteiger partial charge in [-0.15, -0.1) is 0 Å². The number of aromatic carboxylic acids is 1. The van der Waals surface area contributed by atoms with E-state index in [4.69, 9.17) is 4.74 Å². The highest BCUT2D eigenvalue weighted by molar-refractivity contribution is 5.93. The summed E-state index contributed by atoms with van der Waals surface area (Å²) >= 11 is 0. The monoisotopic (exact) mass is 318 g/mol. The van der Waals surface area contributed by atoms with E-state index < -0.39 is 5.97 Å². The van der Waals surface area contributed by atoms with Gasteiger partial charge in [0.05, 0.1) is 0 Å². The molecular formula is C19H26O4. The number of aryl methyl sites for hydroxylation is 1. The Bertz CT molecular complexity index is 641. The summed E-state index contributed by atoms with van der Waals surface area (Å²) in [4.78, 5) is 11.5. The number of carboxylic acid groups (broad SMARTS) is 1. The lowest BCUT2D eigenvalue weighted by Gasteiger charge is -2.32. The van der Waals surface area contributed by atoms with Gasteiger partial charge < -0.3 is 14.9 Å². The zero-order chi connectivity index (χ0) is 17.2. The molecule has 0 unspecified atom stereocenters. The van der Waals surface area contributed by atoms with Crippen molar-refractivity contribution in [2.75, 3.05) is 6.61 Å². The molecule has 1 aliphatic rings. The second kappa shape index (κ2) is 6.65. The molecule has 23 heavy (non-hydrogen) atoms. The predicted octanol–water partition coefficient (Wildman–Crippen LogP) is 4.56. The van der Waals surface area contributed by atoms with E-state index in [1.165, 1.54) is 23.3 Å². The minimum Gasteiger partial charge on any atom is -0.508 e. The van der Waals surface area contributed by atoms with E-state index in [1.54, 1.807) is 0 Å². The fraction of sp³-hybridized carbons (Fsp3) is 0.526. The van der Waals surface area contributed by atoms with Crippen LogP contribution >= 0.6 is 0 Å². The molecule has 2 N–H and O–H groups in total. The predicted molar refractivity (Wildman–Crippen MR) is 90.3 cm³/mol. The van der Waals surface area contributed by atoms with Gasteiger partial charge in [0.1, 0.15) is 23.7 Å². The Morgan fingerprint density at radius 3 is 2.61 bits per heavy atom. The minimum absolute atomic E-state index is 0.0392. The molecule has 126 valence electrons. The van der Waals surface area contributed by atoms with Crippen LogP contribution in [-0.2, 0) is 6.42 Å². The van der Waals surface area contributed by atoms with E-state index in [9.17, 15) is 15.0 Å². The van der Waals surface area contributed by atoms with Crippen LogP contribution in [0.3, 0.4) is 0 Å². The van der Waals surface area contributed by atoms with Gasteiger partial charge in [-0.25, -0.2) is 4.79 Å². The van der Waals surface area contributed by atoms with Gasteiger partial charge in [0.2, 0.25) is 0 Å². The van der Waals surface area contributed by atoms with E-state index in [1.807, 2.05) is 6.92 Å². The van der Waals surface area contributed by atoms with Gasteiger partial charge in [-0.05, 0) is 55.2 Å². The second-order valence-electron chi connectivity index (χ2n) is 7.15. The van der Waals surface area contributed by atoms with Crippen molar-refractivity contribution in [1.29, 1.82) is 0 Å². The Hall–Kier alpha value is -1.97. The maximum absolute atomic E-state index is 11.5. The number of ether oxygens (including phenoxy) is 1. The lowest BCUT2D eigenvalue weighted by molar-refractivity contribution is 0.0691. The highest BCUT2D eigenvalue weighted by Crippen LogP contribution is 2.39. The molecule has 0 amide bonds. The van der Waals surface area contributed by atoms with Crippen LogP contribution in [0, 0.1) is 5.41 Å². The largest absolute Gasteiger partial charge is 0.508 e. The molecule has 0 atom stereocenters. The molecule has 1 aromatic rings. The Labute approximate surface area is 137 Å². The Morgan fingerprint density at radius 1 is 1.35 bits per heavy atom. The molecule has 0 heterocycles. The number of allylic oxidation sites excluding steroid dienone is 1. The van der Waals surface area contributed by atoms with Crippen LogP contribution in [0.15, 0.2) is 23.3 Å². The van der Waals surface area contributed by atoms with Crippen LogP contribution in [0.2, 0.25) is 0 Å². The number of carboxylic acids is 1. The van der Waals surface area contributed by atoms with Gasteiger partial charge in [0, 0.05) is 6.07 Å². The van der Waals surface area contributed by atoms with E-state index in [0.29, 0.717) is 24.0 Å². The summed E-state index contributed by atoms with van der Waals surface area (Å²) in [5.74, 6) is -0.732. The third-order valence-electron chi connectivity index (χ3n) is 4.62. The number of aromatic hydroxyl groups is 1. The van der Waals surface area contributed by atoms with Crippen LogP contribution in [0.5, 0.6) is 11.5 Å². The van der Waals surface area contributed by atoms with Gasteiger partial charge in [0.15, 0.2) is 0 Å². The van der Waals surface area contributed by atoms with E-state index in [-0.39, 0.29) is 17.1 Å². The lowest BCUT2D eigenvalue weighted by Crippen LogP contribution is -2.20. The van der Waals surface area contributed by atoms with E-state index in [0.717, 1.165) is 19.3 Å². The summed E-state index contributed by atoms with van der Waals surface area (Å²) in [6.45, 7) is 8.90. The van der Waals surface area contributed by atoms with Crippen molar-refractivity contribution in [1.82, 2.24) is 0 Å². The quantitative estimate of drug-likeness (QED) is 0.781. The zero-order valence-corrected chi connectivity index (χ0v) is 14.4. The summed E-state index contributed by atoms with van der Waals surface area (Å²) in [6.07, 6.45) is 3.65. The third-order valence-corrected chi connectivity index (χ3v) is 4.62. The number of phenols is 1. The van der Waals surface area contributed by atoms with Crippen LogP contribution in [0.1, 0.15) is 62.9 Å². The number of benzene rings is 1. The first-order chi connectivity index (χ1) is 10.7. The van der Waals surface area contributed by atoms with Crippen LogP contribution in [0.4, 0.5) is 0 Å². The van der Waals surface area contributed by atoms with Crippen molar-refractivity contribution in [2.24, 2.45) is 5.41 Å². The molecule has 4 nitrogen and oxygen atoms in total. The first-order valence-electron chi connectivity index (χ1n) is 8.13. The highest BCUT2D eigenvalue weighted by atomic mass is 16.5. The standard InChI is InChI=1S/C19H26O4/c1-5-13-8-15(20)9-16(17(13)18(21)22)23-11-14-6-7-19(3,4)10-12(14)2/h8-9,20H,5-7,10-11H2,1-4H3,(H,21,22). The maximum Gasteiger partial charge on any atom is 0.339 e. The Kier molecular flexibility index (Phi) is 5.03. The van der Waals surface area contributed by atoms with Crippen molar-refractivity contribution >= 4 is 5.97 Å². The summed E-state index contributed by atoms with van der Waals surface area (Å²) in [5.41, 5.74) is 3.62. The van der Waals surface area contributed by atoms with Gasteiger partial charge in [-0.2, -0.15) is 0 Å². The summed E-state index contributed by atoms with van der Waals surface area (Å²) in [5, 5.41) is 19.3. The number of hydrogen-bond acceptors (Lipinski definition) is 3. The van der Waals surface area contributed by atoms with E-state index >= 15 is 0 Å². The molecule has 0 saturated heterocycles.